The molecule has 0 radical (unpaired) electrons. The monoisotopic (exact) mass is 402 g/mol. The molecule has 0 spiro atoms. The van der Waals surface area contributed by atoms with Crippen molar-refractivity contribution in [1.29, 1.82) is 0 Å². The van der Waals surface area contributed by atoms with Gasteiger partial charge in [0.1, 0.15) is 5.75 Å². The predicted octanol–water partition coefficient (Wildman–Crippen LogP) is 3.52. The Morgan fingerprint density at radius 2 is 1.56 bits per heavy atom. The number of carbonyl (C=O) groups is 1. The maximum Gasteiger partial charge on any atom is 0.573 e. The molecule has 2 aromatic carbocycles. The van der Waals surface area contributed by atoms with Gasteiger partial charge in [0.05, 0.1) is 4.90 Å². The summed E-state index contributed by atoms with van der Waals surface area (Å²) in [6, 6.07) is 9.64. The Hall–Kier alpha value is -2.59. The van der Waals surface area contributed by atoms with Gasteiger partial charge in [-0.2, -0.15) is 0 Å². The summed E-state index contributed by atoms with van der Waals surface area (Å²) >= 11 is 0. The molecule has 0 heterocycles. The number of sulfonamides is 1. The van der Waals surface area contributed by atoms with Crippen LogP contribution in [0.3, 0.4) is 0 Å². The Morgan fingerprint density at radius 1 is 1.00 bits per heavy atom. The number of benzene rings is 2. The van der Waals surface area contributed by atoms with E-state index in [1.165, 1.54) is 36.4 Å². The van der Waals surface area contributed by atoms with Crippen LogP contribution >= 0.6 is 0 Å². The fourth-order valence-corrected chi connectivity index (χ4v) is 3.36. The topological polar surface area (TPSA) is 84.5 Å². The van der Waals surface area contributed by atoms with E-state index in [9.17, 15) is 26.4 Å². The van der Waals surface area contributed by atoms with Gasteiger partial charge >= 0.3 is 6.36 Å². The highest BCUT2D eigenvalue weighted by Crippen LogP contribution is 2.23. The summed E-state index contributed by atoms with van der Waals surface area (Å²) in [7, 11) is -3.65. The highest BCUT2D eigenvalue weighted by molar-refractivity contribution is 7.89. The maximum absolute atomic E-state index is 12.1. The Morgan fingerprint density at radius 3 is 2.04 bits per heavy atom. The van der Waals surface area contributed by atoms with Gasteiger partial charge in [-0.25, -0.2) is 13.1 Å². The quantitative estimate of drug-likeness (QED) is 0.774. The minimum absolute atomic E-state index is 0.0443. The Bertz CT molecular complexity index is 893. The first kappa shape index (κ1) is 20.7. The van der Waals surface area contributed by atoms with Crippen LogP contribution in [-0.4, -0.2) is 26.7 Å². The molecule has 2 aromatic rings. The van der Waals surface area contributed by atoms with E-state index in [1.54, 1.807) is 13.8 Å². The van der Waals surface area contributed by atoms with Crippen LogP contribution in [0.15, 0.2) is 53.4 Å². The van der Waals surface area contributed by atoms with Crippen LogP contribution in [-0.2, 0) is 10.0 Å². The molecule has 10 heteroatoms. The summed E-state index contributed by atoms with van der Waals surface area (Å²) in [5, 5.41) is 2.53. The minimum atomic E-state index is -4.81. The van der Waals surface area contributed by atoms with Crippen LogP contribution in [0, 0.1) is 0 Å². The first-order valence-corrected chi connectivity index (χ1v) is 9.24. The number of ether oxygens (including phenoxy) is 1. The summed E-state index contributed by atoms with van der Waals surface area (Å²) in [4.78, 5) is 12.2. The molecular formula is C17H17F3N2O4S. The first-order chi connectivity index (χ1) is 12.5. The third-order valence-electron chi connectivity index (χ3n) is 3.16. The van der Waals surface area contributed by atoms with Gasteiger partial charge in [0.2, 0.25) is 10.0 Å². The molecule has 146 valence electrons. The van der Waals surface area contributed by atoms with Gasteiger partial charge in [0, 0.05) is 17.3 Å². The SMILES string of the molecule is CC(C)NS(=O)(=O)c1ccc(NC(=O)c2ccc(OC(F)(F)F)cc2)cc1. The molecule has 1 amide bonds. The van der Waals surface area contributed by atoms with E-state index in [2.05, 4.69) is 14.8 Å². The number of hydrogen-bond acceptors (Lipinski definition) is 4. The smallest absolute Gasteiger partial charge is 0.406 e. The summed E-state index contributed by atoms with van der Waals surface area (Å²) in [5.74, 6) is -1.00. The second-order valence-corrected chi connectivity index (χ2v) is 7.54. The zero-order chi connectivity index (χ0) is 20.2. The van der Waals surface area contributed by atoms with Gasteiger partial charge in [0.25, 0.3) is 5.91 Å². The van der Waals surface area contributed by atoms with E-state index in [0.29, 0.717) is 5.69 Å². The fraction of sp³-hybridized carbons (Fsp3) is 0.235. The normalized spacial score (nSPS) is 12.1. The van der Waals surface area contributed by atoms with Crippen molar-refractivity contribution in [3.05, 3.63) is 54.1 Å². The lowest BCUT2D eigenvalue weighted by molar-refractivity contribution is -0.274. The molecule has 0 fully saturated rings. The summed E-state index contributed by atoms with van der Waals surface area (Å²) in [6.07, 6.45) is -4.81. The van der Waals surface area contributed by atoms with E-state index in [0.717, 1.165) is 12.1 Å². The first-order valence-electron chi connectivity index (χ1n) is 7.76. The average molecular weight is 402 g/mol. The third kappa shape index (κ3) is 6.26. The Labute approximate surface area is 154 Å². The second kappa shape index (κ2) is 7.97. The van der Waals surface area contributed by atoms with Crippen molar-refractivity contribution in [2.24, 2.45) is 0 Å². The summed E-state index contributed by atoms with van der Waals surface area (Å²) in [5.41, 5.74) is 0.446. The molecule has 6 nitrogen and oxygen atoms in total. The zero-order valence-electron chi connectivity index (χ0n) is 14.4. The van der Waals surface area contributed by atoms with Crippen molar-refractivity contribution in [2.45, 2.75) is 31.1 Å². The fourth-order valence-electron chi connectivity index (χ4n) is 2.11. The Kier molecular flexibility index (Phi) is 6.11. The van der Waals surface area contributed by atoms with Crippen LogP contribution in [0.4, 0.5) is 18.9 Å². The molecule has 2 rings (SSSR count). The molecule has 0 aliphatic carbocycles. The summed E-state index contributed by atoms with van der Waals surface area (Å²) < 4.78 is 66.6. The van der Waals surface area contributed by atoms with E-state index >= 15 is 0 Å². The van der Waals surface area contributed by atoms with E-state index in [1.807, 2.05) is 0 Å². The molecule has 0 aliphatic heterocycles. The third-order valence-corrected chi connectivity index (χ3v) is 4.84. The van der Waals surface area contributed by atoms with Crippen LogP contribution in [0.25, 0.3) is 0 Å². The molecule has 27 heavy (non-hydrogen) atoms. The van der Waals surface area contributed by atoms with Crippen LogP contribution in [0.2, 0.25) is 0 Å². The van der Waals surface area contributed by atoms with E-state index in [4.69, 9.17) is 0 Å². The number of anilines is 1. The van der Waals surface area contributed by atoms with E-state index < -0.39 is 28.0 Å². The van der Waals surface area contributed by atoms with Crippen molar-refractivity contribution in [2.75, 3.05) is 5.32 Å². The van der Waals surface area contributed by atoms with Gasteiger partial charge in [0.15, 0.2) is 0 Å². The van der Waals surface area contributed by atoms with Crippen molar-refractivity contribution in [3.8, 4) is 5.75 Å². The largest absolute Gasteiger partial charge is 0.573 e. The molecular weight excluding hydrogens is 385 g/mol. The highest BCUT2D eigenvalue weighted by atomic mass is 32.2. The number of halogens is 3. The van der Waals surface area contributed by atoms with Crippen molar-refractivity contribution < 1.29 is 31.1 Å². The number of amides is 1. The standard InChI is InChI=1S/C17H17F3N2O4S/c1-11(2)22-27(24,25)15-9-5-13(6-10-15)21-16(23)12-3-7-14(8-4-12)26-17(18,19)20/h3-11,22H,1-2H3,(H,21,23). The predicted molar refractivity (Wildman–Crippen MR) is 93.0 cm³/mol. The molecule has 0 aromatic heterocycles. The average Bonchev–Trinajstić information content (AvgIpc) is 2.53. The van der Waals surface area contributed by atoms with Crippen LogP contribution in [0.5, 0.6) is 5.75 Å². The van der Waals surface area contributed by atoms with Gasteiger partial charge in [-0.15, -0.1) is 13.2 Å². The molecule has 0 unspecified atom stereocenters. The molecule has 0 aliphatic rings. The number of hydrogen-bond donors (Lipinski definition) is 2. The number of alkyl halides is 3. The zero-order valence-corrected chi connectivity index (χ0v) is 15.2. The maximum atomic E-state index is 12.1. The molecule has 0 saturated carbocycles. The van der Waals surface area contributed by atoms with Gasteiger partial charge in [-0.3, -0.25) is 4.79 Å². The molecule has 0 saturated heterocycles. The number of carbonyl (C=O) groups excluding carboxylic acids is 1. The second-order valence-electron chi connectivity index (χ2n) is 5.83. The van der Waals surface area contributed by atoms with E-state index in [-0.39, 0.29) is 16.5 Å². The lowest BCUT2D eigenvalue weighted by Gasteiger charge is -2.11. The van der Waals surface area contributed by atoms with Crippen molar-refractivity contribution >= 4 is 21.6 Å². The van der Waals surface area contributed by atoms with Gasteiger partial charge in [-0.05, 0) is 62.4 Å². The lowest BCUT2D eigenvalue weighted by Crippen LogP contribution is -2.30. The van der Waals surface area contributed by atoms with Crippen LogP contribution in [0.1, 0.15) is 24.2 Å². The Balaban J connectivity index is 2.06. The minimum Gasteiger partial charge on any atom is -0.406 e. The molecule has 0 atom stereocenters. The molecule has 0 bridgehead atoms. The van der Waals surface area contributed by atoms with Crippen LogP contribution < -0.4 is 14.8 Å². The highest BCUT2D eigenvalue weighted by Gasteiger charge is 2.31. The van der Waals surface area contributed by atoms with Crippen molar-refractivity contribution in [3.63, 3.8) is 0 Å². The van der Waals surface area contributed by atoms with Gasteiger partial charge < -0.3 is 10.1 Å². The molecule has 2 N–H and O–H groups in total. The summed E-state index contributed by atoms with van der Waals surface area (Å²) in [6.45, 7) is 3.38. The number of nitrogens with one attached hydrogen (secondary N) is 2. The number of rotatable bonds is 6. The van der Waals surface area contributed by atoms with Crippen molar-refractivity contribution in [1.82, 2.24) is 4.72 Å². The lowest BCUT2D eigenvalue weighted by atomic mass is 10.2. The van der Waals surface area contributed by atoms with Gasteiger partial charge in [-0.1, -0.05) is 0 Å².